The molecule has 1 aliphatic rings. The van der Waals surface area contributed by atoms with Crippen molar-refractivity contribution in [1.29, 1.82) is 0 Å². The Morgan fingerprint density at radius 2 is 1.68 bits per heavy atom. The number of hydrogen-bond donors (Lipinski definition) is 1. The van der Waals surface area contributed by atoms with Crippen LogP contribution in [0.25, 0.3) is 0 Å². The summed E-state index contributed by atoms with van der Waals surface area (Å²) in [5.41, 5.74) is 0. The summed E-state index contributed by atoms with van der Waals surface area (Å²) in [5, 5.41) is 9.05. The quantitative estimate of drug-likeness (QED) is 0.442. The molecule has 106 valence electrons. The van der Waals surface area contributed by atoms with Gasteiger partial charge in [-0.1, -0.05) is 19.4 Å². The summed E-state index contributed by atoms with van der Waals surface area (Å²) in [6, 6.07) is 0. The van der Waals surface area contributed by atoms with Crippen molar-refractivity contribution in [2.24, 2.45) is 11.8 Å². The lowest BCUT2D eigenvalue weighted by molar-refractivity contribution is -0.161. The van der Waals surface area contributed by atoms with Crippen LogP contribution in [-0.2, 0) is 23.9 Å². The van der Waals surface area contributed by atoms with E-state index < -0.39 is 29.7 Å². The van der Waals surface area contributed by atoms with Crippen LogP contribution in [0.3, 0.4) is 0 Å². The van der Waals surface area contributed by atoms with Gasteiger partial charge in [-0.05, 0) is 12.8 Å². The Balaban J connectivity index is 2.36. The minimum Gasteiger partial charge on any atom is -0.481 e. The second kappa shape index (κ2) is 7.56. The Morgan fingerprint density at radius 1 is 1.11 bits per heavy atom. The topological polar surface area (TPSA) is 89.9 Å². The highest BCUT2D eigenvalue weighted by molar-refractivity contribution is 5.82. The number of hydrogen-bond acceptors (Lipinski definition) is 5. The second-order valence-electron chi connectivity index (χ2n) is 4.37. The smallest absolute Gasteiger partial charge is 0.330 e. The van der Waals surface area contributed by atoms with Crippen LogP contribution < -0.4 is 0 Å². The fourth-order valence-corrected chi connectivity index (χ4v) is 2.16. The number of carbonyl (C=O) groups excluding carboxylic acids is 2. The molecule has 0 unspecified atom stereocenters. The van der Waals surface area contributed by atoms with Crippen LogP contribution in [0.4, 0.5) is 0 Å². The number of rotatable bonds is 6. The summed E-state index contributed by atoms with van der Waals surface area (Å²) >= 11 is 0. The first kappa shape index (κ1) is 15.2. The molecule has 6 nitrogen and oxygen atoms in total. The number of esters is 2. The highest BCUT2D eigenvalue weighted by atomic mass is 16.6. The van der Waals surface area contributed by atoms with E-state index in [0.717, 1.165) is 18.9 Å². The maximum Gasteiger partial charge on any atom is 0.330 e. The molecule has 1 rings (SSSR count). The molecule has 0 heterocycles. The van der Waals surface area contributed by atoms with Crippen LogP contribution in [0.1, 0.15) is 25.7 Å². The van der Waals surface area contributed by atoms with Gasteiger partial charge in [-0.25, -0.2) is 4.79 Å². The fourth-order valence-electron chi connectivity index (χ4n) is 2.16. The molecule has 1 N–H and O–H groups in total. The van der Waals surface area contributed by atoms with Gasteiger partial charge < -0.3 is 14.6 Å². The maximum atomic E-state index is 11.8. The van der Waals surface area contributed by atoms with Crippen molar-refractivity contribution in [3.05, 3.63) is 12.7 Å². The normalized spacial score (nSPS) is 22.3. The lowest BCUT2D eigenvalue weighted by Gasteiger charge is -2.26. The summed E-state index contributed by atoms with van der Waals surface area (Å²) in [4.78, 5) is 33.6. The number of carbonyl (C=O) groups is 3. The Morgan fingerprint density at radius 3 is 2.26 bits per heavy atom. The molecule has 0 aliphatic heterocycles. The standard InChI is InChI=1S/C13H18O6/c1-2-11(14)18-7-8-19-13(17)10-6-4-3-5-9(10)12(15)16/h2,9-10H,1,3-8H2,(H,15,16)/t9-,10+/m1/s1. The van der Waals surface area contributed by atoms with Crippen molar-refractivity contribution in [3.63, 3.8) is 0 Å². The molecular weight excluding hydrogens is 252 g/mol. The average molecular weight is 270 g/mol. The van der Waals surface area contributed by atoms with E-state index in [1.165, 1.54) is 0 Å². The van der Waals surface area contributed by atoms with Gasteiger partial charge >= 0.3 is 17.9 Å². The summed E-state index contributed by atoms with van der Waals surface area (Å²) in [7, 11) is 0. The lowest BCUT2D eigenvalue weighted by Crippen LogP contribution is -2.34. The Kier molecular flexibility index (Phi) is 6.05. The molecule has 1 fully saturated rings. The van der Waals surface area contributed by atoms with Crippen LogP contribution in [-0.4, -0.2) is 36.2 Å². The molecule has 0 aromatic rings. The van der Waals surface area contributed by atoms with Crippen molar-refractivity contribution in [2.45, 2.75) is 25.7 Å². The number of aliphatic carboxylic acids is 1. The molecule has 6 heteroatoms. The van der Waals surface area contributed by atoms with E-state index in [4.69, 9.17) is 9.84 Å². The SMILES string of the molecule is C=CC(=O)OCCOC(=O)[C@H]1CCCC[C@H]1C(=O)O. The van der Waals surface area contributed by atoms with Gasteiger partial charge in [0.15, 0.2) is 0 Å². The molecule has 0 bridgehead atoms. The monoisotopic (exact) mass is 270 g/mol. The molecule has 0 aromatic heterocycles. The van der Waals surface area contributed by atoms with Gasteiger partial charge in [0, 0.05) is 6.08 Å². The fraction of sp³-hybridized carbons (Fsp3) is 0.615. The summed E-state index contributed by atoms with van der Waals surface area (Å²) in [6.45, 7) is 3.11. The highest BCUT2D eigenvalue weighted by Gasteiger charge is 2.36. The third kappa shape index (κ3) is 4.73. The predicted octanol–water partition coefficient (Wildman–Crippen LogP) is 1.15. The van der Waals surface area contributed by atoms with Gasteiger partial charge in [-0.2, -0.15) is 0 Å². The average Bonchev–Trinajstić information content (AvgIpc) is 2.42. The van der Waals surface area contributed by atoms with Gasteiger partial charge in [0.25, 0.3) is 0 Å². The molecule has 0 saturated heterocycles. The maximum absolute atomic E-state index is 11.8. The van der Waals surface area contributed by atoms with E-state index in [9.17, 15) is 14.4 Å². The molecule has 1 saturated carbocycles. The zero-order chi connectivity index (χ0) is 14.3. The molecular formula is C13H18O6. The summed E-state index contributed by atoms with van der Waals surface area (Å²) in [5.74, 6) is -3.34. The number of carboxylic acids is 1. The first-order chi connectivity index (χ1) is 9.06. The van der Waals surface area contributed by atoms with Crippen LogP contribution in [0.2, 0.25) is 0 Å². The largest absolute Gasteiger partial charge is 0.481 e. The van der Waals surface area contributed by atoms with Crippen LogP contribution in [0.15, 0.2) is 12.7 Å². The van der Waals surface area contributed by atoms with E-state index in [0.29, 0.717) is 12.8 Å². The summed E-state index contributed by atoms with van der Waals surface area (Å²) in [6.07, 6.45) is 3.69. The molecule has 0 amide bonds. The van der Waals surface area contributed by atoms with Crippen molar-refractivity contribution in [1.82, 2.24) is 0 Å². The third-order valence-corrected chi connectivity index (χ3v) is 3.12. The van der Waals surface area contributed by atoms with Crippen LogP contribution >= 0.6 is 0 Å². The van der Waals surface area contributed by atoms with E-state index in [2.05, 4.69) is 11.3 Å². The minimum atomic E-state index is -0.959. The van der Waals surface area contributed by atoms with Gasteiger partial charge in [0.2, 0.25) is 0 Å². The first-order valence-electron chi connectivity index (χ1n) is 6.25. The molecule has 1 aliphatic carbocycles. The molecule has 0 aromatic carbocycles. The zero-order valence-corrected chi connectivity index (χ0v) is 10.7. The van der Waals surface area contributed by atoms with Crippen molar-refractivity contribution in [3.8, 4) is 0 Å². The number of ether oxygens (including phenoxy) is 2. The van der Waals surface area contributed by atoms with E-state index in [-0.39, 0.29) is 13.2 Å². The van der Waals surface area contributed by atoms with E-state index >= 15 is 0 Å². The summed E-state index contributed by atoms with van der Waals surface area (Å²) < 4.78 is 9.60. The van der Waals surface area contributed by atoms with Gasteiger partial charge in [-0.3, -0.25) is 9.59 Å². The van der Waals surface area contributed by atoms with Crippen LogP contribution in [0.5, 0.6) is 0 Å². The first-order valence-corrected chi connectivity index (χ1v) is 6.25. The van der Waals surface area contributed by atoms with Crippen molar-refractivity contribution >= 4 is 17.9 Å². The van der Waals surface area contributed by atoms with E-state index in [1.54, 1.807) is 0 Å². The third-order valence-electron chi connectivity index (χ3n) is 3.12. The predicted molar refractivity (Wildman–Crippen MR) is 65.2 cm³/mol. The Labute approximate surface area is 111 Å². The minimum absolute atomic E-state index is 0.0545. The lowest BCUT2D eigenvalue weighted by atomic mass is 9.79. The highest BCUT2D eigenvalue weighted by Crippen LogP contribution is 2.31. The molecule has 2 atom stereocenters. The molecule has 0 spiro atoms. The van der Waals surface area contributed by atoms with E-state index in [1.807, 2.05) is 0 Å². The Bertz CT molecular complexity index is 362. The van der Waals surface area contributed by atoms with Gasteiger partial charge in [0.1, 0.15) is 13.2 Å². The Hall–Kier alpha value is -1.85. The van der Waals surface area contributed by atoms with Crippen molar-refractivity contribution < 1.29 is 29.0 Å². The molecule has 19 heavy (non-hydrogen) atoms. The molecule has 0 radical (unpaired) electrons. The van der Waals surface area contributed by atoms with Crippen LogP contribution in [0, 0.1) is 11.8 Å². The number of carboxylic acid groups (broad SMARTS) is 1. The van der Waals surface area contributed by atoms with Gasteiger partial charge in [0.05, 0.1) is 11.8 Å². The van der Waals surface area contributed by atoms with Crippen molar-refractivity contribution in [2.75, 3.05) is 13.2 Å². The second-order valence-corrected chi connectivity index (χ2v) is 4.37. The zero-order valence-electron chi connectivity index (χ0n) is 10.7. The van der Waals surface area contributed by atoms with Gasteiger partial charge in [-0.15, -0.1) is 0 Å².